The van der Waals surface area contributed by atoms with Gasteiger partial charge in [-0.1, -0.05) is 66.7 Å². The molecule has 154 valence electrons. The Labute approximate surface area is 184 Å². The third-order valence-corrected chi connectivity index (χ3v) is 6.07. The highest BCUT2D eigenvalue weighted by Crippen LogP contribution is 2.27. The summed E-state index contributed by atoms with van der Waals surface area (Å²) < 4.78 is 2.17. The van der Waals surface area contributed by atoms with E-state index in [0.717, 1.165) is 40.6 Å². The van der Waals surface area contributed by atoms with E-state index in [9.17, 15) is 4.79 Å². The van der Waals surface area contributed by atoms with E-state index in [4.69, 9.17) is 16.6 Å². The number of nitrogens with zero attached hydrogens (tertiary/aromatic N) is 4. The van der Waals surface area contributed by atoms with Gasteiger partial charge in [-0.25, -0.2) is 4.98 Å². The average Bonchev–Trinajstić information content (AvgIpc) is 3.06. The van der Waals surface area contributed by atoms with Gasteiger partial charge in [-0.15, -0.1) is 10.2 Å². The topological polar surface area (TPSA) is 72.7 Å². The van der Waals surface area contributed by atoms with Crippen molar-refractivity contribution in [2.45, 2.75) is 38.0 Å². The first-order valence-corrected chi connectivity index (χ1v) is 11.2. The zero-order chi connectivity index (χ0) is 21.1. The molecule has 1 N–H and O–H groups in total. The average molecular weight is 440 g/mol. The van der Waals surface area contributed by atoms with Crippen LogP contribution < -0.4 is 5.32 Å². The molecule has 0 radical (unpaired) electrons. The lowest BCUT2D eigenvalue weighted by molar-refractivity contribution is -0.119. The normalized spacial score (nSPS) is 12.4. The molecule has 0 bridgehead atoms. The number of fused-ring (bicyclic) bond motifs is 3. The fourth-order valence-corrected chi connectivity index (χ4v) is 4.41. The standard InChI is InChI=1S/C22H22ClN5OS/c1-3-12-28-18-11-7-5-9-16(18)20-21(28)25-22(27-26-20)30-13-19(29)24-14(2)15-8-4-6-10-17(15)23/h4-11,14H,3,12-13H2,1-2H3,(H,24,29). The molecule has 4 aromatic rings. The first kappa shape index (κ1) is 20.6. The number of benzene rings is 2. The SMILES string of the molecule is CCCn1c2ccccc2c2nnc(SCC(=O)NC(C)c3ccccc3Cl)nc21. The Morgan fingerprint density at radius 2 is 1.93 bits per heavy atom. The smallest absolute Gasteiger partial charge is 0.230 e. The van der Waals surface area contributed by atoms with Crippen LogP contribution in [0.4, 0.5) is 0 Å². The largest absolute Gasteiger partial charge is 0.349 e. The van der Waals surface area contributed by atoms with Gasteiger partial charge in [-0.05, 0) is 31.0 Å². The number of amides is 1. The summed E-state index contributed by atoms with van der Waals surface area (Å²) in [5.41, 5.74) is 3.59. The summed E-state index contributed by atoms with van der Waals surface area (Å²) in [6.45, 7) is 4.90. The minimum absolute atomic E-state index is 0.106. The van der Waals surface area contributed by atoms with E-state index in [1.54, 1.807) is 0 Å². The lowest BCUT2D eigenvalue weighted by atomic mass is 10.1. The van der Waals surface area contributed by atoms with Crippen LogP contribution in [-0.2, 0) is 11.3 Å². The highest BCUT2D eigenvalue weighted by atomic mass is 35.5. The molecule has 2 aromatic heterocycles. The molecule has 0 saturated carbocycles. The summed E-state index contributed by atoms with van der Waals surface area (Å²) in [6.07, 6.45) is 0.989. The van der Waals surface area contributed by atoms with Gasteiger partial charge in [-0.2, -0.15) is 0 Å². The van der Waals surface area contributed by atoms with Crippen molar-refractivity contribution in [1.82, 2.24) is 25.1 Å². The maximum atomic E-state index is 12.4. The van der Waals surface area contributed by atoms with Crippen LogP contribution in [0.3, 0.4) is 0 Å². The van der Waals surface area contributed by atoms with Crippen molar-refractivity contribution in [3.05, 3.63) is 59.1 Å². The number of aromatic nitrogens is 4. The molecular weight excluding hydrogens is 418 g/mol. The Morgan fingerprint density at radius 3 is 2.73 bits per heavy atom. The van der Waals surface area contributed by atoms with Crippen molar-refractivity contribution in [2.24, 2.45) is 0 Å². The summed E-state index contributed by atoms with van der Waals surface area (Å²) in [5, 5.41) is 13.8. The number of halogens is 1. The van der Waals surface area contributed by atoms with Crippen molar-refractivity contribution in [2.75, 3.05) is 5.75 Å². The number of aryl methyl sites for hydroxylation is 1. The van der Waals surface area contributed by atoms with Crippen LogP contribution in [0.1, 0.15) is 31.9 Å². The van der Waals surface area contributed by atoms with E-state index in [1.807, 2.05) is 49.4 Å². The number of rotatable bonds is 7. The zero-order valence-corrected chi connectivity index (χ0v) is 18.4. The van der Waals surface area contributed by atoms with Crippen LogP contribution in [-0.4, -0.2) is 31.4 Å². The lowest BCUT2D eigenvalue weighted by Gasteiger charge is -2.15. The van der Waals surface area contributed by atoms with Crippen molar-refractivity contribution in [3.63, 3.8) is 0 Å². The second-order valence-corrected chi connectivity index (χ2v) is 8.38. The Bertz CT molecular complexity index is 1210. The van der Waals surface area contributed by atoms with Crippen molar-refractivity contribution < 1.29 is 4.79 Å². The maximum absolute atomic E-state index is 12.4. The molecular formula is C22H22ClN5OS. The Kier molecular flexibility index (Phi) is 6.20. The fraction of sp³-hybridized carbons (Fsp3) is 0.273. The van der Waals surface area contributed by atoms with Gasteiger partial charge in [0.15, 0.2) is 5.65 Å². The summed E-state index contributed by atoms with van der Waals surface area (Å²) in [6, 6.07) is 15.4. The van der Waals surface area contributed by atoms with Crippen LogP contribution in [0.25, 0.3) is 22.1 Å². The summed E-state index contributed by atoms with van der Waals surface area (Å²) in [4.78, 5) is 17.1. The number of hydrogen-bond donors (Lipinski definition) is 1. The number of carbonyl (C=O) groups is 1. The minimum atomic E-state index is -0.180. The number of hydrogen-bond acceptors (Lipinski definition) is 5. The van der Waals surface area contributed by atoms with Crippen LogP contribution in [0.2, 0.25) is 5.02 Å². The lowest BCUT2D eigenvalue weighted by Crippen LogP contribution is -2.28. The summed E-state index contributed by atoms with van der Waals surface area (Å²) >= 11 is 7.50. The number of thioether (sulfide) groups is 1. The first-order valence-electron chi connectivity index (χ1n) is 9.86. The fourth-order valence-electron chi connectivity index (χ4n) is 3.52. The van der Waals surface area contributed by atoms with Crippen molar-refractivity contribution in [3.8, 4) is 0 Å². The van der Waals surface area contributed by atoms with Crippen molar-refractivity contribution in [1.29, 1.82) is 0 Å². The monoisotopic (exact) mass is 439 g/mol. The Balaban J connectivity index is 1.50. The number of nitrogens with one attached hydrogen (secondary N) is 1. The van der Waals surface area contributed by atoms with E-state index in [2.05, 4.69) is 33.1 Å². The van der Waals surface area contributed by atoms with E-state index in [0.29, 0.717) is 10.2 Å². The quantitative estimate of drug-likeness (QED) is 0.409. The van der Waals surface area contributed by atoms with E-state index < -0.39 is 0 Å². The Morgan fingerprint density at radius 1 is 1.17 bits per heavy atom. The maximum Gasteiger partial charge on any atom is 0.230 e. The molecule has 1 amide bonds. The third-order valence-electron chi connectivity index (χ3n) is 4.88. The van der Waals surface area contributed by atoms with E-state index in [1.165, 1.54) is 11.8 Å². The third kappa shape index (κ3) is 4.13. The van der Waals surface area contributed by atoms with Gasteiger partial charge in [0, 0.05) is 17.0 Å². The molecule has 1 atom stereocenters. The van der Waals surface area contributed by atoms with Gasteiger partial charge >= 0.3 is 0 Å². The molecule has 2 heterocycles. The second-order valence-electron chi connectivity index (χ2n) is 7.03. The Hall–Kier alpha value is -2.64. The van der Waals surface area contributed by atoms with Crippen LogP contribution in [0.5, 0.6) is 0 Å². The molecule has 8 heteroatoms. The molecule has 2 aromatic carbocycles. The zero-order valence-electron chi connectivity index (χ0n) is 16.8. The van der Waals surface area contributed by atoms with Gasteiger partial charge in [-0.3, -0.25) is 4.79 Å². The molecule has 0 aliphatic carbocycles. The van der Waals surface area contributed by atoms with Gasteiger partial charge in [0.05, 0.1) is 17.3 Å². The molecule has 6 nitrogen and oxygen atoms in total. The van der Waals surface area contributed by atoms with Gasteiger partial charge in [0.25, 0.3) is 0 Å². The molecule has 0 aliphatic heterocycles. The molecule has 1 unspecified atom stereocenters. The van der Waals surface area contributed by atoms with E-state index in [-0.39, 0.29) is 17.7 Å². The number of para-hydroxylation sites is 1. The molecule has 4 rings (SSSR count). The predicted molar refractivity (Wildman–Crippen MR) is 122 cm³/mol. The highest BCUT2D eigenvalue weighted by molar-refractivity contribution is 7.99. The van der Waals surface area contributed by atoms with Gasteiger partial charge in [0.1, 0.15) is 5.52 Å². The molecule has 0 saturated heterocycles. The highest BCUT2D eigenvalue weighted by Gasteiger charge is 2.16. The van der Waals surface area contributed by atoms with Gasteiger partial charge < -0.3 is 9.88 Å². The first-order chi connectivity index (χ1) is 14.6. The summed E-state index contributed by atoms with van der Waals surface area (Å²) in [5.74, 6) is 0.0981. The minimum Gasteiger partial charge on any atom is -0.349 e. The second kappa shape index (κ2) is 9.02. The van der Waals surface area contributed by atoms with E-state index >= 15 is 0 Å². The molecule has 30 heavy (non-hydrogen) atoms. The molecule has 0 spiro atoms. The predicted octanol–water partition coefficient (Wildman–Crippen LogP) is 5.01. The van der Waals surface area contributed by atoms with Crippen LogP contribution in [0, 0.1) is 0 Å². The van der Waals surface area contributed by atoms with Gasteiger partial charge in [0.2, 0.25) is 11.1 Å². The van der Waals surface area contributed by atoms with Crippen LogP contribution in [0.15, 0.2) is 53.7 Å². The molecule has 0 fully saturated rings. The number of carbonyl (C=O) groups excluding carboxylic acids is 1. The summed E-state index contributed by atoms with van der Waals surface area (Å²) in [7, 11) is 0. The van der Waals surface area contributed by atoms with Crippen LogP contribution >= 0.6 is 23.4 Å². The molecule has 0 aliphatic rings. The van der Waals surface area contributed by atoms with Crippen molar-refractivity contribution >= 4 is 51.3 Å².